The molecule has 0 saturated carbocycles. The number of aromatic hydroxyl groups is 1. The Balaban J connectivity index is 2.26. The Hall–Kier alpha value is -2.64. The van der Waals surface area contributed by atoms with E-state index in [0.717, 1.165) is 12.1 Å². The molecule has 0 saturated heterocycles. The average molecular weight is 300 g/mol. The first kappa shape index (κ1) is 13.3. The fourth-order valence-corrected chi connectivity index (χ4v) is 1.90. The summed E-state index contributed by atoms with van der Waals surface area (Å²) in [4.78, 5) is 6.19. The molecule has 0 fully saturated rings. The van der Waals surface area contributed by atoms with Gasteiger partial charge in [-0.25, -0.2) is 22.5 Å². The largest absolute Gasteiger partial charge is 0.503 e. The zero-order valence-electron chi connectivity index (χ0n) is 10.0. The van der Waals surface area contributed by atoms with Gasteiger partial charge in [0.05, 0.1) is 16.6 Å². The standard InChI is InChI=1S/C13H5F5N2O/c14-5-2-8-9(3-6(5)15)20-13(19-8)4-1-7(16)11(18)12(21)10(4)17/h1-3,21H,(H,19,20). The smallest absolute Gasteiger partial charge is 0.203 e. The maximum absolute atomic E-state index is 13.8. The van der Waals surface area contributed by atoms with E-state index in [1.807, 2.05) is 0 Å². The van der Waals surface area contributed by atoms with Crippen LogP contribution < -0.4 is 0 Å². The van der Waals surface area contributed by atoms with E-state index in [9.17, 15) is 22.0 Å². The van der Waals surface area contributed by atoms with E-state index in [2.05, 4.69) is 9.97 Å². The van der Waals surface area contributed by atoms with Crippen molar-refractivity contribution in [1.29, 1.82) is 0 Å². The molecule has 0 atom stereocenters. The summed E-state index contributed by atoms with van der Waals surface area (Å²) in [6.07, 6.45) is 0. The molecule has 0 spiro atoms. The molecule has 3 rings (SSSR count). The van der Waals surface area contributed by atoms with Crippen LogP contribution in [0, 0.1) is 29.1 Å². The Morgan fingerprint density at radius 3 is 2.24 bits per heavy atom. The van der Waals surface area contributed by atoms with E-state index >= 15 is 0 Å². The van der Waals surface area contributed by atoms with Crippen LogP contribution in [-0.2, 0) is 0 Å². The molecule has 0 aliphatic heterocycles. The second-order valence-corrected chi connectivity index (χ2v) is 4.25. The van der Waals surface area contributed by atoms with Gasteiger partial charge in [0.2, 0.25) is 5.82 Å². The second kappa shape index (κ2) is 4.44. The molecular formula is C13H5F5N2O. The maximum atomic E-state index is 13.8. The van der Waals surface area contributed by atoms with Crippen LogP contribution in [0.25, 0.3) is 22.4 Å². The van der Waals surface area contributed by atoms with Crippen molar-refractivity contribution in [3.05, 3.63) is 47.3 Å². The van der Waals surface area contributed by atoms with Gasteiger partial charge in [0.1, 0.15) is 5.82 Å². The number of nitrogens with one attached hydrogen (secondary N) is 1. The molecule has 0 aliphatic rings. The molecule has 1 heterocycles. The molecule has 0 amide bonds. The molecular weight excluding hydrogens is 295 g/mol. The highest BCUT2D eigenvalue weighted by atomic mass is 19.2. The van der Waals surface area contributed by atoms with Crippen LogP contribution in [0.3, 0.4) is 0 Å². The van der Waals surface area contributed by atoms with E-state index in [-0.39, 0.29) is 16.9 Å². The number of benzene rings is 2. The van der Waals surface area contributed by atoms with Gasteiger partial charge < -0.3 is 10.1 Å². The van der Waals surface area contributed by atoms with Gasteiger partial charge in [0.15, 0.2) is 29.0 Å². The summed E-state index contributed by atoms with van der Waals surface area (Å²) in [7, 11) is 0. The summed E-state index contributed by atoms with van der Waals surface area (Å²) in [5.41, 5.74) is -0.566. The molecule has 1 aromatic heterocycles. The van der Waals surface area contributed by atoms with Gasteiger partial charge in [0, 0.05) is 12.1 Å². The minimum absolute atomic E-state index is 0.0347. The molecule has 3 aromatic rings. The van der Waals surface area contributed by atoms with Gasteiger partial charge in [-0.3, -0.25) is 0 Å². The minimum Gasteiger partial charge on any atom is -0.503 e. The van der Waals surface area contributed by atoms with Crippen molar-refractivity contribution >= 4 is 11.0 Å². The Kier molecular flexibility index (Phi) is 2.82. The first-order chi connectivity index (χ1) is 9.88. The van der Waals surface area contributed by atoms with E-state index in [4.69, 9.17) is 5.11 Å². The number of rotatable bonds is 1. The summed E-state index contributed by atoms with van der Waals surface area (Å²) in [6, 6.07) is 2.04. The van der Waals surface area contributed by atoms with Gasteiger partial charge in [-0.15, -0.1) is 0 Å². The molecule has 0 aliphatic carbocycles. The highest BCUT2D eigenvalue weighted by molar-refractivity contribution is 5.79. The molecule has 0 unspecified atom stereocenters. The lowest BCUT2D eigenvalue weighted by atomic mass is 10.1. The second-order valence-electron chi connectivity index (χ2n) is 4.25. The number of hydrogen-bond donors (Lipinski definition) is 2. The molecule has 21 heavy (non-hydrogen) atoms. The number of fused-ring (bicyclic) bond motifs is 1. The molecule has 0 bridgehead atoms. The lowest BCUT2D eigenvalue weighted by Gasteiger charge is -2.03. The van der Waals surface area contributed by atoms with Crippen LogP contribution in [0.4, 0.5) is 22.0 Å². The Morgan fingerprint density at radius 2 is 1.52 bits per heavy atom. The summed E-state index contributed by atoms with van der Waals surface area (Å²) in [5, 5.41) is 9.14. The number of H-pyrrole nitrogens is 1. The van der Waals surface area contributed by atoms with Gasteiger partial charge >= 0.3 is 0 Å². The number of aromatic nitrogens is 2. The molecule has 3 nitrogen and oxygen atoms in total. The summed E-state index contributed by atoms with van der Waals surface area (Å²) < 4.78 is 66.1. The van der Waals surface area contributed by atoms with Crippen molar-refractivity contribution in [3.8, 4) is 17.1 Å². The Labute approximate surface area is 113 Å². The van der Waals surface area contributed by atoms with Gasteiger partial charge in [-0.1, -0.05) is 0 Å². The number of hydrogen-bond acceptors (Lipinski definition) is 2. The Bertz CT molecular complexity index is 836. The molecule has 2 N–H and O–H groups in total. The van der Waals surface area contributed by atoms with Gasteiger partial charge in [-0.2, -0.15) is 4.39 Å². The fourth-order valence-electron chi connectivity index (χ4n) is 1.90. The molecule has 108 valence electrons. The summed E-state index contributed by atoms with van der Waals surface area (Å²) in [5.74, 6) is -8.76. The third-order valence-corrected chi connectivity index (χ3v) is 2.91. The number of imidazole rings is 1. The van der Waals surface area contributed by atoms with Crippen molar-refractivity contribution in [3.63, 3.8) is 0 Å². The van der Waals surface area contributed by atoms with Crippen molar-refractivity contribution < 1.29 is 27.1 Å². The number of phenolic OH excluding ortho intramolecular Hbond substituents is 1. The van der Waals surface area contributed by atoms with Crippen LogP contribution in [0.1, 0.15) is 0 Å². The predicted octanol–water partition coefficient (Wildman–Crippen LogP) is 3.63. The van der Waals surface area contributed by atoms with Gasteiger partial charge in [-0.05, 0) is 6.07 Å². The van der Waals surface area contributed by atoms with Crippen LogP contribution in [-0.4, -0.2) is 15.1 Å². The number of halogens is 5. The molecule has 0 radical (unpaired) electrons. The van der Waals surface area contributed by atoms with E-state index < -0.39 is 40.4 Å². The highest BCUT2D eigenvalue weighted by Gasteiger charge is 2.21. The van der Waals surface area contributed by atoms with Crippen molar-refractivity contribution in [2.45, 2.75) is 0 Å². The first-order valence-corrected chi connectivity index (χ1v) is 5.60. The van der Waals surface area contributed by atoms with Crippen molar-refractivity contribution in [1.82, 2.24) is 9.97 Å². The van der Waals surface area contributed by atoms with E-state index in [0.29, 0.717) is 6.07 Å². The fraction of sp³-hybridized carbons (Fsp3) is 0. The zero-order valence-corrected chi connectivity index (χ0v) is 10.0. The van der Waals surface area contributed by atoms with Crippen LogP contribution in [0.5, 0.6) is 5.75 Å². The van der Waals surface area contributed by atoms with Crippen molar-refractivity contribution in [2.24, 2.45) is 0 Å². The number of nitrogens with zero attached hydrogens (tertiary/aromatic N) is 1. The van der Waals surface area contributed by atoms with E-state index in [1.165, 1.54) is 0 Å². The first-order valence-electron chi connectivity index (χ1n) is 5.60. The highest BCUT2D eigenvalue weighted by Crippen LogP contribution is 2.32. The lowest BCUT2D eigenvalue weighted by Crippen LogP contribution is -1.94. The molecule has 8 heteroatoms. The topological polar surface area (TPSA) is 48.9 Å². The third kappa shape index (κ3) is 1.99. The van der Waals surface area contributed by atoms with Crippen LogP contribution in [0.15, 0.2) is 18.2 Å². The lowest BCUT2D eigenvalue weighted by molar-refractivity contribution is 0.377. The van der Waals surface area contributed by atoms with Crippen molar-refractivity contribution in [2.75, 3.05) is 0 Å². The summed E-state index contributed by atoms with van der Waals surface area (Å²) >= 11 is 0. The number of phenols is 1. The Morgan fingerprint density at radius 1 is 0.857 bits per heavy atom. The normalized spacial score (nSPS) is 11.3. The predicted molar refractivity (Wildman–Crippen MR) is 63.0 cm³/mol. The maximum Gasteiger partial charge on any atom is 0.203 e. The van der Waals surface area contributed by atoms with Gasteiger partial charge in [0.25, 0.3) is 0 Å². The summed E-state index contributed by atoms with van der Waals surface area (Å²) in [6.45, 7) is 0. The van der Waals surface area contributed by atoms with E-state index in [1.54, 1.807) is 0 Å². The quantitative estimate of drug-likeness (QED) is 0.532. The third-order valence-electron chi connectivity index (χ3n) is 2.91. The average Bonchev–Trinajstić information content (AvgIpc) is 2.83. The zero-order chi connectivity index (χ0) is 15.3. The van der Waals surface area contributed by atoms with Crippen LogP contribution in [0.2, 0.25) is 0 Å². The minimum atomic E-state index is -1.73. The van der Waals surface area contributed by atoms with Crippen LogP contribution >= 0.6 is 0 Å². The SMILES string of the molecule is Oc1c(F)c(F)cc(-c2nc3cc(F)c(F)cc3[nH]2)c1F. The molecule has 2 aromatic carbocycles. The monoisotopic (exact) mass is 300 g/mol. The number of aromatic amines is 1.